The smallest absolute Gasteiger partial charge is 0.343 e. The number of aromatic nitrogens is 4. The number of hydrogen-bond acceptors (Lipinski definition) is 4. The Hall–Kier alpha value is -1.96. The molecule has 0 radical (unpaired) electrons. The second-order valence-electron chi connectivity index (χ2n) is 2.51. The van der Waals surface area contributed by atoms with Gasteiger partial charge in [0.25, 0.3) is 5.56 Å². The molecule has 0 saturated heterocycles. The number of hydrogen-bond donors (Lipinski definition) is 3. The first-order valence-corrected chi connectivity index (χ1v) is 3.94. The van der Waals surface area contributed by atoms with Gasteiger partial charge in [-0.05, 0) is 12.2 Å². The first-order valence-electron chi connectivity index (χ1n) is 3.53. The molecule has 0 spiro atoms. The van der Waals surface area contributed by atoms with Gasteiger partial charge >= 0.3 is 5.97 Å². The van der Waals surface area contributed by atoms with Crippen LogP contribution in [0.3, 0.4) is 0 Å². The largest absolute Gasteiger partial charge is 0.477 e. The Balaban J connectivity index is 2.95. The molecule has 3 N–H and O–H groups in total. The maximum atomic E-state index is 11.4. The highest BCUT2D eigenvalue weighted by molar-refractivity contribution is 7.71. The minimum Gasteiger partial charge on any atom is -0.477 e. The van der Waals surface area contributed by atoms with Crippen molar-refractivity contribution in [3.8, 4) is 0 Å². The summed E-state index contributed by atoms with van der Waals surface area (Å²) in [4.78, 5) is 28.3. The zero-order valence-electron chi connectivity index (χ0n) is 6.64. The van der Waals surface area contributed by atoms with Gasteiger partial charge in [0.1, 0.15) is 5.56 Å². The second-order valence-corrected chi connectivity index (χ2v) is 2.92. The molecule has 0 aliphatic heterocycles. The number of carboxylic acid groups (broad SMARTS) is 1. The molecule has 0 atom stereocenters. The van der Waals surface area contributed by atoms with Gasteiger partial charge in [0.15, 0.2) is 4.77 Å². The van der Waals surface area contributed by atoms with E-state index in [0.29, 0.717) is 0 Å². The van der Waals surface area contributed by atoms with Crippen molar-refractivity contribution in [2.75, 3.05) is 0 Å². The van der Waals surface area contributed by atoms with Crippen molar-refractivity contribution in [1.29, 1.82) is 0 Å². The summed E-state index contributed by atoms with van der Waals surface area (Å²) >= 11 is 4.72. The van der Waals surface area contributed by atoms with Crippen LogP contribution in [0.2, 0.25) is 0 Å². The lowest BCUT2D eigenvalue weighted by atomic mass is 10.3. The van der Waals surface area contributed by atoms with Gasteiger partial charge in [-0.3, -0.25) is 14.9 Å². The lowest BCUT2D eigenvalue weighted by Gasteiger charge is -1.93. The molecule has 0 bridgehead atoms. The van der Waals surface area contributed by atoms with Crippen molar-refractivity contribution in [2.45, 2.75) is 0 Å². The SMILES string of the molecule is O=C(O)c1cnc2[nH]c(=S)[nH]n2c1=O. The van der Waals surface area contributed by atoms with Crippen molar-refractivity contribution < 1.29 is 9.90 Å². The standard InChI is InChI=1S/C6H4N4O3S/c11-3-2(4(12)13)1-7-5-8-6(14)9-10(3)5/h1H,(H,12,13)(H2,7,8,9,14). The van der Waals surface area contributed by atoms with Gasteiger partial charge < -0.3 is 5.11 Å². The third-order valence-corrected chi connectivity index (χ3v) is 1.82. The number of carboxylic acids is 1. The maximum Gasteiger partial charge on any atom is 0.343 e. The van der Waals surface area contributed by atoms with Crippen molar-refractivity contribution in [3.05, 3.63) is 26.9 Å². The first-order chi connectivity index (χ1) is 6.59. The molecule has 2 heterocycles. The van der Waals surface area contributed by atoms with Crippen LogP contribution < -0.4 is 5.56 Å². The van der Waals surface area contributed by atoms with E-state index >= 15 is 0 Å². The minimum atomic E-state index is -1.32. The molecule has 72 valence electrons. The molecule has 0 saturated carbocycles. The Morgan fingerprint density at radius 3 is 3.00 bits per heavy atom. The maximum absolute atomic E-state index is 11.4. The van der Waals surface area contributed by atoms with Crippen LogP contribution in [0.25, 0.3) is 5.78 Å². The average Bonchev–Trinajstić information content (AvgIpc) is 2.46. The summed E-state index contributed by atoms with van der Waals surface area (Å²) in [6.07, 6.45) is 0.985. The predicted octanol–water partition coefficient (Wildman–Crippen LogP) is -0.222. The fourth-order valence-corrected chi connectivity index (χ4v) is 1.21. The minimum absolute atomic E-state index is 0.185. The molecule has 0 fully saturated rings. The van der Waals surface area contributed by atoms with E-state index in [2.05, 4.69) is 15.1 Å². The van der Waals surface area contributed by atoms with Gasteiger partial charge in [-0.2, -0.15) is 4.52 Å². The van der Waals surface area contributed by atoms with Gasteiger partial charge in [0.2, 0.25) is 5.78 Å². The summed E-state index contributed by atoms with van der Waals surface area (Å²) in [6.45, 7) is 0. The van der Waals surface area contributed by atoms with Gasteiger partial charge in [0.05, 0.1) is 6.20 Å². The van der Waals surface area contributed by atoms with Crippen LogP contribution in [0.1, 0.15) is 10.4 Å². The van der Waals surface area contributed by atoms with E-state index in [0.717, 1.165) is 10.7 Å². The fraction of sp³-hybridized carbons (Fsp3) is 0. The molecule has 0 amide bonds. The summed E-state index contributed by atoms with van der Waals surface area (Å²) in [7, 11) is 0. The molecule has 0 aromatic carbocycles. The van der Waals surface area contributed by atoms with E-state index in [1.54, 1.807) is 0 Å². The second kappa shape index (κ2) is 2.77. The van der Waals surface area contributed by atoms with Gasteiger partial charge in [-0.1, -0.05) is 0 Å². The quantitative estimate of drug-likeness (QED) is 0.567. The number of nitrogens with zero attached hydrogens (tertiary/aromatic N) is 2. The van der Waals surface area contributed by atoms with E-state index in [9.17, 15) is 9.59 Å². The summed E-state index contributed by atoms with van der Waals surface area (Å²) in [5.41, 5.74) is -1.11. The Bertz CT molecular complexity index is 622. The van der Waals surface area contributed by atoms with Crippen LogP contribution in [0, 0.1) is 4.77 Å². The van der Waals surface area contributed by atoms with E-state index in [-0.39, 0.29) is 10.5 Å². The van der Waals surface area contributed by atoms with E-state index in [4.69, 9.17) is 17.3 Å². The van der Waals surface area contributed by atoms with Crippen LogP contribution in [-0.2, 0) is 0 Å². The Morgan fingerprint density at radius 2 is 2.36 bits per heavy atom. The molecule has 0 unspecified atom stereocenters. The van der Waals surface area contributed by atoms with Gasteiger partial charge in [-0.25, -0.2) is 9.78 Å². The van der Waals surface area contributed by atoms with E-state index in [1.165, 1.54) is 0 Å². The summed E-state index contributed by atoms with van der Waals surface area (Å²) in [6, 6.07) is 0. The Morgan fingerprint density at radius 1 is 1.64 bits per heavy atom. The van der Waals surface area contributed by atoms with Gasteiger partial charge in [-0.15, -0.1) is 0 Å². The zero-order valence-corrected chi connectivity index (χ0v) is 7.46. The van der Waals surface area contributed by atoms with Crippen molar-refractivity contribution in [2.24, 2.45) is 0 Å². The van der Waals surface area contributed by atoms with E-state index < -0.39 is 17.1 Å². The third-order valence-electron chi connectivity index (χ3n) is 1.63. The van der Waals surface area contributed by atoms with Crippen molar-refractivity contribution in [3.63, 3.8) is 0 Å². The average molecular weight is 212 g/mol. The number of aromatic amines is 2. The Labute approximate surface area is 81.0 Å². The van der Waals surface area contributed by atoms with Crippen molar-refractivity contribution in [1.82, 2.24) is 19.6 Å². The van der Waals surface area contributed by atoms with Crippen LogP contribution in [0.15, 0.2) is 11.0 Å². The van der Waals surface area contributed by atoms with Crippen molar-refractivity contribution >= 4 is 24.0 Å². The molecule has 14 heavy (non-hydrogen) atoms. The number of fused-ring (bicyclic) bond motifs is 1. The number of H-pyrrole nitrogens is 2. The topological polar surface area (TPSA) is 103 Å². The summed E-state index contributed by atoms with van der Waals surface area (Å²) < 4.78 is 1.16. The highest BCUT2D eigenvalue weighted by Gasteiger charge is 2.12. The number of carbonyl (C=O) groups is 1. The first kappa shape index (κ1) is 8.63. The molecular weight excluding hydrogens is 208 g/mol. The normalized spacial score (nSPS) is 10.6. The molecular formula is C6H4N4O3S. The number of nitrogens with one attached hydrogen (secondary N) is 2. The predicted molar refractivity (Wildman–Crippen MR) is 48.0 cm³/mol. The molecule has 2 rings (SSSR count). The fourth-order valence-electron chi connectivity index (χ4n) is 1.02. The molecule has 2 aromatic heterocycles. The van der Waals surface area contributed by atoms with E-state index in [1.807, 2.05) is 0 Å². The monoisotopic (exact) mass is 212 g/mol. The number of aromatic carboxylic acids is 1. The molecule has 0 aliphatic carbocycles. The molecule has 0 aliphatic rings. The van der Waals surface area contributed by atoms with Crippen LogP contribution in [0.5, 0.6) is 0 Å². The zero-order chi connectivity index (χ0) is 10.3. The van der Waals surface area contributed by atoms with Crippen LogP contribution >= 0.6 is 12.2 Å². The molecule has 2 aromatic rings. The number of rotatable bonds is 1. The lowest BCUT2D eigenvalue weighted by molar-refractivity contribution is 0.0694. The van der Waals surface area contributed by atoms with Crippen LogP contribution in [-0.4, -0.2) is 30.7 Å². The highest BCUT2D eigenvalue weighted by Crippen LogP contribution is 1.93. The summed E-state index contributed by atoms with van der Waals surface area (Å²) in [5.74, 6) is -1.14. The summed E-state index contributed by atoms with van der Waals surface area (Å²) in [5, 5.41) is 11.1. The Kier molecular flexibility index (Phi) is 1.71. The molecule has 7 nitrogen and oxygen atoms in total. The molecule has 8 heteroatoms. The third kappa shape index (κ3) is 1.12. The highest BCUT2D eigenvalue weighted by atomic mass is 32.1. The lowest BCUT2D eigenvalue weighted by Crippen LogP contribution is -2.22. The van der Waals surface area contributed by atoms with Gasteiger partial charge in [0, 0.05) is 0 Å². The van der Waals surface area contributed by atoms with Crippen LogP contribution in [0.4, 0.5) is 0 Å².